The average molecular weight is 240 g/mol. The molecule has 1 unspecified atom stereocenters. The Morgan fingerprint density at radius 3 is 2.73 bits per heavy atom. The van der Waals surface area contributed by atoms with E-state index in [1.54, 1.807) is 22.7 Å². The SMILES string of the molecule is CNC(C)c1nnc(-c2cnc(C)s2)s1. The summed E-state index contributed by atoms with van der Waals surface area (Å²) in [6, 6.07) is 0.255. The van der Waals surface area contributed by atoms with Crippen molar-refractivity contribution >= 4 is 22.7 Å². The van der Waals surface area contributed by atoms with E-state index in [1.807, 2.05) is 20.2 Å². The molecule has 1 atom stereocenters. The van der Waals surface area contributed by atoms with Crippen LogP contribution in [0.15, 0.2) is 6.20 Å². The van der Waals surface area contributed by atoms with Gasteiger partial charge in [0.25, 0.3) is 0 Å². The van der Waals surface area contributed by atoms with E-state index in [0.717, 1.165) is 19.9 Å². The standard InChI is InChI=1S/C9H12N4S2/c1-5(10-3)8-12-13-9(15-8)7-4-11-6(2)14-7/h4-5,10H,1-3H3. The van der Waals surface area contributed by atoms with Crippen LogP contribution >= 0.6 is 22.7 Å². The molecule has 1 N–H and O–H groups in total. The van der Waals surface area contributed by atoms with E-state index in [1.165, 1.54) is 0 Å². The third kappa shape index (κ3) is 2.22. The van der Waals surface area contributed by atoms with Gasteiger partial charge in [0, 0.05) is 6.20 Å². The Morgan fingerprint density at radius 2 is 2.13 bits per heavy atom. The highest BCUT2D eigenvalue weighted by molar-refractivity contribution is 7.21. The topological polar surface area (TPSA) is 50.7 Å². The van der Waals surface area contributed by atoms with Crippen molar-refractivity contribution in [1.82, 2.24) is 20.5 Å². The second kappa shape index (κ2) is 4.34. The molecule has 6 heteroatoms. The van der Waals surface area contributed by atoms with E-state index >= 15 is 0 Å². The minimum Gasteiger partial charge on any atom is -0.311 e. The highest BCUT2D eigenvalue weighted by Gasteiger charge is 2.12. The van der Waals surface area contributed by atoms with Crippen molar-refractivity contribution in [2.75, 3.05) is 7.05 Å². The summed E-state index contributed by atoms with van der Waals surface area (Å²) in [6.45, 7) is 4.06. The highest BCUT2D eigenvalue weighted by Crippen LogP contribution is 2.30. The summed E-state index contributed by atoms with van der Waals surface area (Å²) in [7, 11) is 1.92. The lowest BCUT2D eigenvalue weighted by Gasteiger charge is -2.02. The molecule has 4 nitrogen and oxygen atoms in total. The van der Waals surface area contributed by atoms with E-state index in [9.17, 15) is 0 Å². The number of thiazole rings is 1. The first-order valence-corrected chi connectivity index (χ1v) is 6.27. The van der Waals surface area contributed by atoms with Gasteiger partial charge in [-0.3, -0.25) is 0 Å². The first-order chi connectivity index (χ1) is 7.20. The van der Waals surface area contributed by atoms with Crippen molar-refractivity contribution in [2.24, 2.45) is 0 Å². The van der Waals surface area contributed by atoms with Crippen LogP contribution in [-0.2, 0) is 0 Å². The molecule has 0 aliphatic carbocycles. The molecule has 0 radical (unpaired) electrons. The van der Waals surface area contributed by atoms with Gasteiger partial charge < -0.3 is 5.32 Å². The molecule has 15 heavy (non-hydrogen) atoms. The minimum atomic E-state index is 0.255. The molecule has 0 saturated heterocycles. The smallest absolute Gasteiger partial charge is 0.159 e. The lowest BCUT2D eigenvalue weighted by molar-refractivity contribution is 0.640. The third-order valence-electron chi connectivity index (χ3n) is 2.08. The van der Waals surface area contributed by atoms with Gasteiger partial charge in [-0.15, -0.1) is 21.5 Å². The number of nitrogens with zero attached hydrogens (tertiary/aromatic N) is 3. The second-order valence-electron chi connectivity index (χ2n) is 3.20. The van der Waals surface area contributed by atoms with E-state index in [4.69, 9.17) is 0 Å². The van der Waals surface area contributed by atoms with Crippen LogP contribution in [0.5, 0.6) is 0 Å². The Balaban J connectivity index is 2.27. The Bertz CT molecular complexity index is 448. The summed E-state index contributed by atoms with van der Waals surface area (Å²) in [6.07, 6.45) is 1.86. The van der Waals surface area contributed by atoms with Gasteiger partial charge in [0.15, 0.2) is 5.01 Å². The molecular weight excluding hydrogens is 228 g/mol. The van der Waals surface area contributed by atoms with Gasteiger partial charge >= 0.3 is 0 Å². The lowest BCUT2D eigenvalue weighted by atomic mass is 10.4. The fraction of sp³-hybridized carbons (Fsp3) is 0.444. The van der Waals surface area contributed by atoms with E-state index in [0.29, 0.717) is 0 Å². The fourth-order valence-corrected chi connectivity index (χ4v) is 2.81. The highest BCUT2D eigenvalue weighted by atomic mass is 32.1. The van der Waals surface area contributed by atoms with E-state index in [-0.39, 0.29) is 6.04 Å². The van der Waals surface area contributed by atoms with Crippen molar-refractivity contribution in [3.8, 4) is 9.88 Å². The Morgan fingerprint density at radius 1 is 1.33 bits per heavy atom. The third-order valence-corrected chi connectivity index (χ3v) is 4.26. The monoisotopic (exact) mass is 240 g/mol. The van der Waals surface area contributed by atoms with Crippen LogP contribution in [0.3, 0.4) is 0 Å². The first kappa shape index (κ1) is 10.7. The van der Waals surface area contributed by atoms with Crippen LogP contribution in [0.25, 0.3) is 9.88 Å². The molecule has 0 aliphatic rings. The molecule has 2 rings (SSSR count). The van der Waals surface area contributed by atoms with Crippen LogP contribution in [0, 0.1) is 6.92 Å². The largest absolute Gasteiger partial charge is 0.311 e. The molecule has 0 amide bonds. The number of hydrogen-bond acceptors (Lipinski definition) is 6. The summed E-state index contributed by atoms with van der Waals surface area (Å²) in [5.41, 5.74) is 0. The molecule has 0 spiro atoms. The quantitative estimate of drug-likeness (QED) is 0.894. The molecule has 0 aromatic carbocycles. The zero-order valence-corrected chi connectivity index (χ0v) is 10.4. The maximum Gasteiger partial charge on any atom is 0.159 e. The van der Waals surface area contributed by atoms with Gasteiger partial charge in [0.1, 0.15) is 5.01 Å². The summed E-state index contributed by atoms with van der Waals surface area (Å²) < 4.78 is 0. The number of nitrogens with one attached hydrogen (secondary N) is 1. The molecule has 0 aliphatic heterocycles. The fourth-order valence-electron chi connectivity index (χ4n) is 1.09. The molecule has 0 fully saturated rings. The molecule has 0 saturated carbocycles. The number of aryl methyl sites for hydroxylation is 1. The first-order valence-electron chi connectivity index (χ1n) is 4.64. The number of aromatic nitrogens is 3. The average Bonchev–Trinajstić information content (AvgIpc) is 2.84. The van der Waals surface area contributed by atoms with Crippen molar-refractivity contribution < 1.29 is 0 Å². The Kier molecular flexibility index (Phi) is 3.08. The molecule has 80 valence electrons. The van der Waals surface area contributed by atoms with Gasteiger partial charge in [-0.05, 0) is 20.9 Å². The van der Waals surface area contributed by atoms with Crippen LogP contribution in [0.1, 0.15) is 23.0 Å². The predicted molar refractivity (Wildman–Crippen MR) is 63.2 cm³/mol. The number of rotatable bonds is 3. The summed E-state index contributed by atoms with van der Waals surface area (Å²) in [5.74, 6) is 0. The van der Waals surface area contributed by atoms with Gasteiger partial charge in [0.2, 0.25) is 0 Å². The summed E-state index contributed by atoms with van der Waals surface area (Å²) in [4.78, 5) is 5.31. The second-order valence-corrected chi connectivity index (χ2v) is 5.44. The van der Waals surface area contributed by atoms with Crippen molar-refractivity contribution in [3.05, 3.63) is 16.2 Å². The van der Waals surface area contributed by atoms with Crippen LogP contribution in [0.2, 0.25) is 0 Å². The van der Waals surface area contributed by atoms with Gasteiger partial charge in [-0.25, -0.2) is 4.98 Å². The van der Waals surface area contributed by atoms with Gasteiger partial charge in [-0.1, -0.05) is 11.3 Å². The Labute approximate surface area is 96.4 Å². The van der Waals surface area contributed by atoms with E-state index < -0.39 is 0 Å². The normalized spacial score (nSPS) is 13.0. The van der Waals surface area contributed by atoms with Gasteiger partial charge in [0.05, 0.1) is 15.9 Å². The van der Waals surface area contributed by atoms with E-state index in [2.05, 4.69) is 27.4 Å². The molecule has 0 bridgehead atoms. The predicted octanol–water partition coefficient (Wildman–Crippen LogP) is 2.25. The van der Waals surface area contributed by atoms with Crippen LogP contribution in [0.4, 0.5) is 0 Å². The minimum absolute atomic E-state index is 0.255. The van der Waals surface area contributed by atoms with Crippen molar-refractivity contribution in [2.45, 2.75) is 19.9 Å². The molecular formula is C9H12N4S2. The molecule has 2 heterocycles. The van der Waals surface area contributed by atoms with Crippen LogP contribution < -0.4 is 5.32 Å². The summed E-state index contributed by atoms with van der Waals surface area (Å²) in [5, 5.41) is 14.5. The van der Waals surface area contributed by atoms with Gasteiger partial charge in [-0.2, -0.15) is 0 Å². The zero-order chi connectivity index (χ0) is 10.8. The maximum absolute atomic E-state index is 4.21. The van der Waals surface area contributed by atoms with Crippen molar-refractivity contribution in [3.63, 3.8) is 0 Å². The molecule has 2 aromatic heterocycles. The van der Waals surface area contributed by atoms with Crippen LogP contribution in [-0.4, -0.2) is 22.2 Å². The molecule has 2 aromatic rings. The summed E-state index contributed by atoms with van der Waals surface area (Å²) >= 11 is 3.27. The zero-order valence-electron chi connectivity index (χ0n) is 8.81. The maximum atomic E-state index is 4.21. The Hall–Kier alpha value is -0.850. The lowest BCUT2D eigenvalue weighted by Crippen LogP contribution is -2.11. The van der Waals surface area contributed by atoms with Crippen molar-refractivity contribution in [1.29, 1.82) is 0 Å². The number of hydrogen-bond donors (Lipinski definition) is 1.